The lowest BCUT2D eigenvalue weighted by Crippen LogP contribution is -2.48. The van der Waals surface area contributed by atoms with Crippen molar-refractivity contribution < 1.29 is 19.4 Å². The van der Waals surface area contributed by atoms with E-state index in [9.17, 15) is 19.8 Å². The number of phenolic OH excluding ortho intramolecular Hbond substituents is 2. The number of hydrogen-bond acceptors (Lipinski definition) is 6. The van der Waals surface area contributed by atoms with Crippen molar-refractivity contribution in [3.8, 4) is 11.5 Å². The fourth-order valence-electron chi connectivity index (χ4n) is 4.04. The molecule has 0 spiro atoms. The van der Waals surface area contributed by atoms with Gasteiger partial charge in [0.1, 0.15) is 0 Å². The topological polar surface area (TPSA) is 94.2 Å². The second-order valence-corrected chi connectivity index (χ2v) is 9.30. The highest BCUT2D eigenvalue weighted by molar-refractivity contribution is 5.94. The summed E-state index contributed by atoms with van der Waals surface area (Å²) < 4.78 is 5.09. The standard InChI is InChI=1S/C25H28N2O5/c1-25(2,3)18-6-4-16(5-7-18)24(31)27-12-10-26(11-13-27)15-17-14-21(29)32-23-19(17)8-9-20(28)22(23)30/h4-9,14,28,30H,10-13,15H2,1-3H3. The maximum absolute atomic E-state index is 12.9. The molecule has 2 heterocycles. The van der Waals surface area contributed by atoms with Crippen LogP contribution in [-0.4, -0.2) is 52.1 Å². The van der Waals surface area contributed by atoms with E-state index in [2.05, 4.69) is 25.7 Å². The van der Waals surface area contributed by atoms with Gasteiger partial charge in [0.2, 0.25) is 5.75 Å². The summed E-state index contributed by atoms with van der Waals surface area (Å²) in [5, 5.41) is 20.3. The minimum Gasteiger partial charge on any atom is -0.504 e. The lowest BCUT2D eigenvalue weighted by atomic mass is 9.86. The number of piperazine rings is 1. The first kappa shape index (κ1) is 21.9. The Morgan fingerprint density at radius 1 is 1.00 bits per heavy atom. The Morgan fingerprint density at radius 3 is 2.28 bits per heavy atom. The highest BCUT2D eigenvalue weighted by Gasteiger charge is 2.24. The molecule has 1 amide bonds. The number of benzene rings is 2. The lowest BCUT2D eigenvalue weighted by Gasteiger charge is -2.35. The molecule has 1 aliphatic heterocycles. The second kappa shape index (κ2) is 8.31. The van der Waals surface area contributed by atoms with Crippen LogP contribution in [0.1, 0.15) is 42.3 Å². The molecule has 0 aliphatic carbocycles. The van der Waals surface area contributed by atoms with Gasteiger partial charge in [-0.15, -0.1) is 0 Å². The first-order chi connectivity index (χ1) is 15.1. The summed E-state index contributed by atoms with van der Waals surface area (Å²) in [5.41, 5.74) is 2.04. The molecule has 1 saturated heterocycles. The van der Waals surface area contributed by atoms with Gasteiger partial charge in [0.25, 0.3) is 5.91 Å². The molecule has 7 nitrogen and oxygen atoms in total. The minimum absolute atomic E-state index is 0.0139. The van der Waals surface area contributed by atoms with Gasteiger partial charge in [-0.3, -0.25) is 9.69 Å². The van der Waals surface area contributed by atoms with Crippen molar-refractivity contribution in [1.29, 1.82) is 0 Å². The molecular formula is C25H28N2O5. The fraction of sp³-hybridized carbons (Fsp3) is 0.360. The van der Waals surface area contributed by atoms with Crippen LogP contribution in [0.3, 0.4) is 0 Å². The van der Waals surface area contributed by atoms with Crippen molar-refractivity contribution in [2.24, 2.45) is 0 Å². The number of carbonyl (C=O) groups excluding carboxylic acids is 1. The molecule has 0 saturated carbocycles. The van der Waals surface area contributed by atoms with Crippen molar-refractivity contribution >= 4 is 16.9 Å². The number of amides is 1. The molecule has 7 heteroatoms. The summed E-state index contributed by atoms with van der Waals surface area (Å²) in [5.74, 6) is -0.744. The van der Waals surface area contributed by atoms with Crippen molar-refractivity contribution in [2.75, 3.05) is 26.2 Å². The fourth-order valence-corrected chi connectivity index (χ4v) is 4.04. The van der Waals surface area contributed by atoms with Gasteiger partial charge in [-0.05, 0) is 40.8 Å². The Balaban J connectivity index is 1.44. The lowest BCUT2D eigenvalue weighted by molar-refractivity contribution is 0.0628. The highest BCUT2D eigenvalue weighted by Crippen LogP contribution is 2.34. The predicted molar refractivity (Wildman–Crippen MR) is 122 cm³/mol. The first-order valence-electron chi connectivity index (χ1n) is 10.7. The van der Waals surface area contributed by atoms with Gasteiger partial charge in [-0.25, -0.2) is 4.79 Å². The van der Waals surface area contributed by atoms with Gasteiger partial charge < -0.3 is 19.5 Å². The average molecular weight is 437 g/mol. The molecule has 32 heavy (non-hydrogen) atoms. The molecular weight excluding hydrogens is 408 g/mol. The number of nitrogens with zero attached hydrogens (tertiary/aromatic N) is 2. The summed E-state index contributed by atoms with van der Waals surface area (Å²) in [6, 6.07) is 12.2. The predicted octanol–water partition coefficient (Wildman–Crippen LogP) is 3.46. The Kier molecular flexibility index (Phi) is 5.69. The molecule has 2 N–H and O–H groups in total. The molecule has 4 rings (SSSR count). The number of aromatic hydroxyl groups is 2. The minimum atomic E-state index is -0.582. The molecule has 0 unspecified atom stereocenters. The molecule has 0 atom stereocenters. The van der Waals surface area contributed by atoms with Gasteiger partial charge in [0.05, 0.1) is 0 Å². The van der Waals surface area contributed by atoms with E-state index in [-0.39, 0.29) is 22.7 Å². The summed E-state index contributed by atoms with van der Waals surface area (Å²) in [6.07, 6.45) is 0. The van der Waals surface area contributed by atoms with Gasteiger partial charge in [-0.2, -0.15) is 0 Å². The van der Waals surface area contributed by atoms with Gasteiger partial charge in [-0.1, -0.05) is 32.9 Å². The summed E-state index contributed by atoms with van der Waals surface area (Å²) in [4.78, 5) is 28.9. The van der Waals surface area contributed by atoms with E-state index in [0.717, 1.165) is 0 Å². The van der Waals surface area contributed by atoms with Crippen LogP contribution >= 0.6 is 0 Å². The SMILES string of the molecule is CC(C)(C)c1ccc(C(=O)N2CCN(Cc3cc(=O)oc4c(O)c(O)ccc34)CC2)cc1. The number of fused-ring (bicyclic) bond motifs is 1. The van der Waals surface area contributed by atoms with E-state index in [0.29, 0.717) is 49.2 Å². The molecule has 0 radical (unpaired) electrons. The van der Waals surface area contributed by atoms with E-state index in [1.807, 2.05) is 29.2 Å². The quantitative estimate of drug-likeness (QED) is 0.482. The normalized spacial score (nSPS) is 15.3. The zero-order valence-electron chi connectivity index (χ0n) is 18.6. The van der Waals surface area contributed by atoms with E-state index >= 15 is 0 Å². The zero-order valence-corrected chi connectivity index (χ0v) is 18.6. The Labute approximate surface area is 186 Å². The molecule has 2 aromatic carbocycles. The summed E-state index contributed by atoms with van der Waals surface area (Å²) in [7, 11) is 0. The number of rotatable bonds is 3. The molecule has 168 valence electrons. The van der Waals surface area contributed by atoms with Gasteiger partial charge >= 0.3 is 5.63 Å². The van der Waals surface area contributed by atoms with Crippen LogP contribution in [0.5, 0.6) is 11.5 Å². The number of carbonyl (C=O) groups is 1. The molecule has 1 aliphatic rings. The van der Waals surface area contributed by atoms with Gasteiger partial charge in [0, 0.05) is 49.7 Å². The third-order valence-corrected chi connectivity index (χ3v) is 6.00. The number of phenols is 2. The molecule has 0 bridgehead atoms. The van der Waals surface area contributed by atoms with Crippen LogP contribution in [0.4, 0.5) is 0 Å². The van der Waals surface area contributed by atoms with Crippen LogP contribution in [0.25, 0.3) is 11.0 Å². The van der Waals surface area contributed by atoms with Crippen LogP contribution in [0.15, 0.2) is 51.7 Å². The Bertz CT molecular complexity index is 1200. The summed E-state index contributed by atoms with van der Waals surface area (Å²) >= 11 is 0. The van der Waals surface area contributed by atoms with Crippen molar-refractivity contribution in [3.63, 3.8) is 0 Å². The van der Waals surface area contributed by atoms with E-state index in [4.69, 9.17) is 4.42 Å². The first-order valence-corrected chi connectivity index (χ1v) is 10.7. The summed E-state index contributed by atoms with van der Waals surface area (Å²) in [6.45, 7) is 9.42. The van der Waals surface area contributed by atoms with Crippen LogP contribution < -0.4 is 5.63 Å². The van der Waals surface area contributed by atoms with E-state index in [1.54, 1.807) is 6.07 Å². The van der Waals surface area contributed by atoms with Crippen molar-refractivity contribution in [1.82, 2.24) is 9.80 Å². The van der Waals surface area contributed by atoms with Crippen LogP contribution in [0.2, 0.25) is 0 Å². The Morgan fingerprint density at radius 2 is 1.66 bits per heavy atom. The smallest absolute Gasteiger partial charge is 0.336 e. The Hall–Kier alpha value is -3.32. The zero-order chi connectivity index (χ0) is 23.0. The van der Waals surface area contributed by atoms with Crippen molar-refractivity contribution in [2.45, 2.75) is 32.7 Å². The molecule has 1 aromatic heterocycles. The maximum Gasteiger partial charge on any atom is 0.336 e. The monoisotopic (exact) mass is 436 g/mol. The third kappa shape index (κ3) is 4.34. The molecule has 1 fully saturated rings. The third-order valence-electron chi connectivity index (χ3n) is 6.00. The second-order valence-electron chi connectivity index (χ2n) is 9.30. The largest absolute Gasteiger partial charge is 0.504 e. The van der Waals surface area contributed by atoms with Gasteiger partial charge in [0.15, 0.2) is 11.3 Å². The van der Waals surface area contributed by atoms with E-state index < -0.39 is 11.4 Å². The van der Waals surface area contributed by atoms with Crippen LogP contribution in [-0.2, 0) is 12.0 Å². The van der Waals surface area contributed by atoms with Crippen molar-refractivity contribution in [3.05, 3.63) is 69.6 Å². The molecule has 3 aromatic rings. The average Bonchev–Trinajstić information content (AvgIpc) is 2.76. The van der Waals surface area contributed by atoms with Crippen LogP contribution in [0, 0.1) is 0 Å². The van der Waals surface area contributed by atoms with E-state index in [1.165, 1.54) is 17.7 Å². The highest BCUT2D eigenvalue weighted by atomic mass is 16.4. The maximum atomic E-state index is 12.9. The number of hydrogen-bond donors (Lipinski definition) is 2.